The highest BCUT2D eigenvalue weighted by Crippen LogP contribution is 2.29. The van der Waals surface area contributed by atoms with Crippen LogP contribution in [0.2, 0.25) is 0 Å². The van der Waals surface area contributed by atoms with Gasteiger partial charge in [-0.05, 0) is 19.8 Å². The molecule has 5 nitrogen and oxygen atoms in total. The summed E-state index contributed by atoms with van der Waals surface area (Å²) in [5, 5.41) is 3.11. The molecule has 0 saturated heterocycles. The molecule has 1 atom stereocenters. The van der Waals surface area contributed by atoms with Gasteiger partial charge in [-0.3, -0.25) is 4.79 Å². The van der Waals surface area contributed by atoms with Crippen LogP contribution in [0.3, 0.4) is 0 Å². The van der Waals surface area contributed by atoms with Crippen molar-refractivity contribution in [2.24, 2.45) is 11.1 Å². The molecular formula is C15H28N4O. The molecule has 1 aromatic heterocycles. The number of carbonyl (C=O) groups is 1. The summed E-state index contributed by atoms with van der Waals surface area (Å²) < 4.78 is 1.97. The number of imidazole rings is 1. The van der Waals surface area contributed by atoms with Gasteiger partial charge in [-0.2, -0.15) is 0 Å². The highest BCUT2D eigenvalue weighted by molar-refractivity contribution is 5.83. The molecule has 5 heteroatoms. The molecule has 3 N–H and O–H groups in total. The van der Waals surface area contributed by atoms with Gasteiger partial charge < -0.3 is 15.6 Å². The Kier molecular flexibility index (Phi) is 6.71. The zero-order valence-corrected chi connectivity index (χ0v) is 12.9. The molecule has 114 valence electrons. The maximum atomic E-state index is 12.6. The largest absolute Gasteiger partial charge is 0.351 e. The molecule has 1 unspecified atom stereocenters. The molecule has 0 saturated carbocycles. The van der Waals surface area contributed by atoms with Crippen LogP contribution in [0.1, 0.15) is 46.5 Å². The van der Waals surface area contributed by atoms with Crippen molar-refractivity contribution in [3.63, 3.8) is 0 Å². The number of nitrogens with one attached hydrogen (secondary N) is 1. The quantitative estimate of drug-likeness (QED) is 0.726. The number of rotatable bonds is 9. The first-order valence-corrected chi connectivity index (χ1v) is 7.54. The first kappa shape index (κ1) is 16.7. The first-order chi connectivity index (χ1) is 9.57. The Morgan fingerprint density at radius 3 is 2.50 bits per heavy atom. The van der Waals surface area contributed by atoms with Crippen LogP contribution in [-0.4, -0.2) is 28.0 Å². The van der Waals surface area contributed by atoms with Gasteiger partial charge in [-0.15, -0.1) is 0 Å². The van der Waals surface area contributed by atoms with Crippen LogP contribution < -0.4 is 11.1 Å². The maximum Gasteiger partial charge on any atom is 0.227 e. The second kappa shape index (κ2) is 8.04. The molecule has 1 amide bonds. The lowest BCUT2D eigenvalue weighted by atomic mass is 9.78. The van der Waals surface area contributed by atoms with Gasteiger partial charge >= 0.3 is 0 Å². The standard InChI is InChI=1S/C15H28N4O/c1-4-6-15(11-16,7-5-2)14(20)18-13(3)10-19-9-8-17-12-19/h8-9,12-13H,4-7,10-11,16H2,1-3H3,(H,18,20). The lowest BCUT2D eigenvalue weighted by Gasteiger charge is -2.32. The van der Waals surface area contributed by atoms with E-state index < -0.39 is 5.41 Å². The summed E-state index contributed by atoms with van der Waals surface area (Å²) in [4.78, 5) is 16.6. The van der Waals surface area contributed by atoms with Crippen LogP contribution in [0.25, 0.3) is 0 Å². The molecular weight excluding hydrogens is 252 g/mol. The number of nitrogens with two attached hydrogens (primary N) is 1. The molecule has 1 rings (SSSR count). The first-order valence-electron chi connectivity index (χ1n) is 7.54. The van der Waals surface area contributed by atoms with Crippen molar-refractivity contribution in [1.82, 2.24) is 14.9 Å². The molecule has 0 bridgehead atoms. The summed E-state index contributed by atoms with van der Waals surface area (Å²) in [6, 6.07) is 0.0661. The van der Waals surface area contributed by atoms with Crippen molar-refractivity contribution < 1.29 is 4.79 Å². The Morgan fingerprint density at radius 1 is 1.40 bits per heavy atom. The van der Waals surface area contributed by atoms with Gasteiger partial charge in [0.05, 0.1) is 11.7 Å². The van der Waals surface area contributed by atoms with E-state index in [1.54, 1.807) is 12.5 Å². The second-order valence-corrected chi connectivity index (χ2v) is 5.62. The Labute approximate surface area is 122 Å². The summed E-state index contributed by atoms with van der Waals surface area (Å²) in [5.74, 6) is 0.0938. The van der Waals surface area contributed by atoms with Gasteiger partial charge in [-0.1, -0.05) is 26.7 Å². The predicted molar refractivity (Wildman–Crippen MR) is 81.1 cm³/mol. The number of hydrogen-bond acceptors (Lipinski definition) is 3. The normalized spacial score (nSPS) is 13.2. The zero-order valence-electron chi connectivity index (χ0n) is 12.9. The van der Waals surface area contributed by atoms with Crippen molar-refractivity contribution in [2.45, 2.75) is 59.0 Å². The molecule has 0 fully saturated rings. The van der Waals surface area contributed by atoms with E-state index in [9.17, 15) is 4.79 Å². The van der Waals surface area contributed by atoms with Crippen LogP contribution in [0.4, 0.5) is 0 Å². The molecule has 20 heavy (non-hydrogen) atoms. The highest BCUT2D eigenvalue weighted by atomic mass is 16.2. The molecule has 1 heterocycles. The third kappa shape index (κ3) is 4.34. The molecule has 0 spiro atoms. The van der Waals surface area contributed by atoms with E-state index in [1.807, 2.05) is 17.7 Å². The number of aromatic nitrogens is 2. The summed E-state index contributed by atoms with van der Waals surface area (Å²) in [6.45, 7) is 7.35. The topological polar surface area (TPSA) is 72.9 Å². The third-order valence-electron chi connectivity index (χ3n) is 3.75. The van der Waals surface area contributed by atoms with Crippen LogP contribution in [0.5, 0.6) is 0 Å². The smallest absolute Gasteiger partial charge is 0.227 e. The number of nitrogens with zero attached hydrogens (tertiary/aromatic N) is 2. The minimum absolute atomic E-state index is 0.0661. The van der Waals surface area contributed by atoms with E-state index >= 15 is 0 Å². The van der Waals surface area contributed by atoms with Crippen molar-refractivity contribution in [2.75, 3.05) is 6.54 Å². The number of carbonyl (C=O) groups excluding carboxylic acids is 1. The minimum Gasteiger partial charge on any atom is -0.351 e. The Bertz CT molecular complexity index is 383. The van der Waals surface area contributed by atoms with Crippen molar-refractivity contribution in [1.29, 1.82) is 0 Å². The minimum atomic E-state index is -0.410. The Balaban J connectivity index is 2.64. The van der Waals surface area contributed by atoms with Gasteiger partial charge in [0.25, 0.3) is 0 Å². The van der Waals surface area contributed by atoms with E-state index in [0.29, 0.717) is 6.54 Å². The molecule has 0 aliphatic heterocycles. The van der Waals surface area contributed by atoms with Gasteiger partial charge in [-0.25, -0.2) is 4.98 Å². The lowest BCUT2D eigenvalue weighted by Crippen LogP contribution is -2.49. The van der Waals surface area contributed by atoms with E-state index in [0.717, 1.165) is 32.2 Å². The molecule has 0 aliphatic rings. The Hall–Kier alpha value is -1.36. The average molecular weight is 280 g/mol. The van der Waals surface area contributed by atoms with Crippen molar-refractivity contribution in [3.8, 4) is 0 Å². The van der Waals surface area contributed by atoms with Gasteiger partial charge in [0, 0.05) is 31.5 Å². The summed E-state index contributed by atoms with van der Waals surface area (Å²) >= 11 is 0. The van der Waals surface area contributed by atoms with E-state index in [1.165, 1.54) is 0 Å². The molecule has 0 aromatic carbocycles. The van der Waals surface area contributed by atoms with E-state index in [2.05, 4.69) is 24.1 Å². The van der Waals surface area contributed by atoms with Crippen LogP contribution in [0, 0.1) is 5.41 Å². The summed E-state index contributed by atoms with van der Waals surface area (Å²) in [6.07, 6.45) is 9.05. The van der Waals surface area contributed by atoms with E-state index in [4.69, 9.17) is 5.73 Å². The SMILES string of the molecule is CCCC(CN)(CCC)C(=O)NC(C)Cn1ccnc1. The zero-order chi connectivity index (χ0) is 15.0. The molecule has 1 aromatic rings. The van der Waals surface area contributed by atoms with Crippen molar-refractivity contribution in [3.05, 3.63) is 18.7 Å². The lowest BCUT2D eigenvalue weighted by molar-refractivity contribution is -0.132. The fraction of sp³-hybridized carbons (Fsp3) is 0.733. The maximum absolute atomic E-state index is 12.6. The fourth-order valence-corrected chi connectivity index (χ4v) is 2.74. The van der Waals surface area contributed by atoms with Gasteiger partial charge in [0.15, 0.2) is 0 Å². The predicted octanol–water partition coefficient (Wildman–Crippen LogP) is 1.93. The number of amides is 1. The van der Waals surface area contributed by atoms with E-state index in [-0.39, 0.29) is 11.9 Å². The number of hydrogen-bond donors (Lipinski definition) is 2. The Morgan fingerprint density at radius 2 is 2.05 bits per heavy atom. The molecule has 0 radical (unpaired) electrons. The average Bonchev–Trinajstić information content (AvgIpc) is 2.90. The molecule has 0 aliphatic carbocycles. The fourth-order valence-electron chi connectivity index (χ4n) is 2.74. The monoisotopic (exact) mass is 280 g/mol. The third-order valence-corrected chi connectivity index (χ3v) is 3.75. The summed E-state index contributed by atoms with van der Waals surface area (Å²) in [7, 11) is 0. The van der Waals surface area contributed by atoms with Crippen LogP contribution in [0.15, 0.2) is 18.7 Å². The van der Waals surface area contributed by atoms with Crippen LogP contribution >= 0.6 is 0 Å². The van der Waals surface area contributed by atoms with Crippen molar-refractivity contribution >= 4 is 5.91 Å². The van der Waals surface area contributed by atoms with Gasteiger partial charge in [0.2, 0.25) is 5.91 Å². The highest BCUT2D eigenvalue weighted by Gasteiger charge is 2.35. The summed E-state index contributed by atoms with van der Waals surface area (Å²) in [5.41, 5.74) is 5.51. The van der Waals surface area contributed by atoms with Crippen LogP contribution in [-0.2, 0) is 11.3 Å². The second-order valence-electron chi connectivity index (χ2n) is 5.62. The van der Waals surface area contributed by atoms with Gasteiger partial charge in [0.1, 0.15) is 0 Å².